The molecular weight excluding hydrogens is 590 g/mol. The van der Waals surface area contributed by atoms with Gasteiger partial charge in [-0.3, -0.25) is 9.59 Å². The van der Waals surface area contributed by atoms with Crippen LogP contribution in [0.4, 0.5) is 0 Å². The number of esters is 1. The minimum atomic E-state index is -0.680. The number of nitrogens with one attached hydrogen (secondary N) is 2. The molecule has 1 heterocycles. The Hall–Kier alpha value is -5.22. The van der Waals surface area contributed by atoms with Gasteiger partial charge < -0.3 is 19.5 Å². The maximum absolute atomic E-state index is 13.2. The fraction of sp³-hybridized carbons (Fsp3) is 0.0323. The monoisotopic (exact) mass is 611 g/mol. The van der Waals surface area contributed by atoms with Gasteiger partial charge in [0.25, 0.3) is 11.8 Å². The van der Waals surface area contributed by atoms with Gasteiger partial charge in [-0.15, -0.1) is 0 Å². The largest absolute Gasteiger partial charge is 0.454 e. The fourth-order valence-electron chi connectivity index (χ4n) is 3.78. The molecule has 4 aromatic carbocycles. The topological polar surface area (TPSA) is 115 Å². The first-order valence-electron chi connectivity index (χ1n) is 12.3. The highest BCUT2D eigenvalue weighted by Gasteiger charge is 2.17. The minimum absolute atomic E-state index is 0.0557. The van der Waals surface area contributed by atoms with Gasteiger partial charge in [0.05, 0.1) is 11.8 Å². The lowest BCUT2D eigenvalue weighted by Gasteiger charge is -2.10. The van der Waals surface area contributed by atoms with E-state index < -0.39 is 17.8 Å². The zero-order chi connectivity index (χ0) is 28.6. The Bertz CT molecular complexity index is 1660. The fourth-order valence-corrected chi connectivity index (χ4v) is 4.16. The molecule has 0 aromatic heterocycles. The lowest BCUT2D eigenvalue weighted by atomic mass is 10.1. The molecule has 0 unspecified atom stereocenters. The highest BCUT2D eigenvalue weighted by Crippen LogP contribution is 2.33. The molecule has 0 atom stereocenters. The molecule has 0 fully saturated rings. The number of fused-ring (bicyclic) bond motifs is 1. The van der Waals surface area contributed by atoms with Crippen molar-refractivity contribution < 1.29 is 28.6 Å². The maximum Gasteiger partial charge on any atom is 0.343 e. The zero-order valence-electron chi connectivity index (χ0n) is 21.4. The van der Waals surface area contributed by atoms with E-state index in [1.807, 2.05) is 0 Å². The normalized spacial score (nSPS) is 12.2. The summed E-state index contributed by atoms with van der Waals surface area (Å²) in [6, 6.07) is 27.2. The Labute approximate surface area is 243 Å². The standard InChI is InChI=1S/C31H22BrN3O6/c32-24-12-14-26(41-31(38)22-9-5-2-6-10-22)23(17-24)18-33-35-30(37)25(34-29(36)21-7-3-1-4-8-21)15-20-11-13-27-28(16-20)40-19-39-27/h1-18H,19H2,(H,34,36)(H,35,37). The number of ether oxygens (including phenoxy) is 3. The first kappa shape index (κ1) is 27.4. The second-order valence-electron chi connectivity index (χ2n) is 8.63. The summed E-state index contributed by atoms with van der Waals surface area (Å²) in [5.74, 6) is -0.334. The third-order valence-electron chi connectivity index (χ3n) is 5.79. The molecule has 2 amide bonds. The lowest BCUT2D eigenvalue weighted by Crippen LogP contribution is -2.32. The van der Waals surface area contributed by atoms with Crippen LogP contribution in [-0.4, -0.2) is 30.8 Å². The number of benzene rings is 4. The van der Waals surface area contributed by atoms with Crippen molar-refractivity contribution in [2.24, 2.45) is 5.10 Å². The van der Waals surface area contributed by atoms with Crippen LogP contribution in [0.15, 0.2) is 112 Å². The van der Waals surface area contributed by atoms with Gasteiger partial charge in [-0.2, -0.15) is 5.10 Å². The predicted molar refractivity (Wildman–Crippen MR) is 156 cm³/mol. The summed E-state index contributed by atoms with van der Waals surface area (Å²) in [4.78, 5) is 38.6. The Morgan fingerprint density at radius 1 is 0.829 bits per heavy atom. The number of hydrogen-bond acceptors (Lipinski definition) is 7. The number of amides is 2. The number of carbonyl (C=O) groups excluding carboxylic acids is 3. The smallest absolute Gasteiger partial charge is 0.343 e. The van der Waals surface area contributed by atoms with Crippen LogP contribution >= 0.6 is 15.9 Å². The van der Waals surface area contributed by atoms with Crippen LogP contribution in [0.3, 0.4) is 0 Å². The minimum Gasteiger partial charge on any atom is -0.454 e. The summed E-state index contributed by atoms with van der Waals surface area (Å²) in [6.45, 7) is 0.105. The van der Waals surface area contributed by atoms with E-state index in [1.165, 1.54) is 12.3 Å². The van der Waals surface area contributed by atoms with E-state index in [0.29, 0.717) is 38.2 Å². The van der Waals surface area contributed by atoms with Crippen LogP contribution in [0, 0.1) is 0 Å². The van der Waals surface area contributed by atoms with Crippen molar-refractivity contribution in [2.75, 3.05) is 6.79 Å². The molecule has 9 nitrogen and oxygen atoms in total. The summed E-state index contributed by atoms with van der Waals surface area (Å²) in [7, 11) is 0. The van der Waals surface area contributed by atoms with Crippen LogP contribution < -0.4 is 25.0 Å². The molecule has 0 radical (unpaired) electrons. The van der Waals surface area contributed by atoms with Crippen molar-refractivity contribution in [3.05, 3.63) is 129 Å². The van der Waals surface area contributed by atoms with Crippen molar-refractivity contribution in [3.63, 3.8) is 0 Å². The number of hydrogen-bond donors (Lipinski definition) is 2. The summed E-state index contributed by atoms with van der Waals surface area (Å²) in [6.07, 6.45) is 2.84. The van der Waals surface area contributed by atoms with E-state index in [9.17, 15) is 14.4 Å². The Morgan fingerprint density at radius 2 is 1.54 bits per heavy atom. The predicted octanol–water partition coefficient (Wildman–Crippen LogP) is 5.32. The van der Waals surface area contributed by atoms with Crippen molar-refractivity contribution in [3.8, 4) is 17.2 Å². The van der Waals surface area contributed by atoms with Gasteiger partial charge in [0.1, 0.15) is 11.4 Å². The van der Waals surface area contributed by atoms with Gasteiger partial charge in [0.2, 0.25) is 6.79 Å². The number of rotatable bonds is 8. The van der Waals surface area contributed by atoms with Crippen molar-refractivity contribution in [2.45, 2.75) is 0 Å². The van der Waals surface area contributed by atoms with E-state index in [0.717, 1.165) is 0 Å². The number of hydrazone groups is 1. The summed E-state index contributed by atoms with van der Waals surface area (Å²) in [5, 5.41) is 6.70. The summed E-state index contributed by atoms with van der Waals surface area (Å²) < 4.78 is 17.0. The van der Waals surface area contributed by atoms with Crippen LogP contribution in [0.25, 0.3) is 6.08 Å². The van der Waals surface area contributed by atoms with Gasteiger partial charge >= 0.3 is 5.97 Å². The Balaban J connectivity index is 1.36. The van der Waals surface area contributed by atoms with Gasteiger partial charge in [-0.05, 0) is 66.2 Å². The van der Waals surface area contributed by atoms with E-state index in [1.54, 1.807) is 97.1 Å². The van der Waals surface area contributed by atoms with Crippen LogP contribution in [-0.2, 0) is 4.79 Å². The summed E-state index contributed by atoms with van der Waals surface area (Å²) >= 11 is 3.39. The first-order chi connectivity index (χ1) is 20.0. The molecule has 5 rings (SSSR count). The second-order valence-corrected chi connectivity index (χ2v) is 9.54. The third-order valence-corrected chi connectivity index (χ3v) is 6.28. The molecule has 2 N–H and O–H groups in total. The third kappa shape index (κ3) is 7.06. The molecule has 0 aliphatic carbocycles. The molecule has 0 saturated carbocycles. The first-order valence-corrected chi connectivity index (χ1v) is 13.1. The van der Waals surface area contributed by atoms with E-state index in [2.05, 4.69) is 31.8 Å². The van der Waals surface area contributed by atoms with Crippen molar-refractivity contribution in [1.29, 1.82) is 0 Å². The molecule has 0 saturated heterocycles. The summed E-state index contributed by atoms with van der Waals surface area (Å²) in [5.41, 5.74) is 4.16. The van der Waals surface area contributed by atoms with Crippen LogP contribution in [0.2, 0.25) is 0 Å². The van der Waals surface area contributed by atoms with Gasteiger partial charge in [0.15, 0.2) is 11.5 Å². The lowest BCUT2D eigenvalue weighted by molar-refractivity contribution is -0.117. The molecule has 4 aromatic rings. The van der Waals surface area contributed by atoms with Gasteiger partial charge in [-0.25, -0.2) is 10.2 Å². The highest BCUT2D eigenvalue weighted by molar-refractivity contribution is 9.10. The Morgan fingerprint density at radius 3 is 2.29 bits per heavy atom. The van der Waals surface area contributed by atoms with Gasteiger partial charge in [-0.1, -0.05) is 58.4 Å². The van der Waals surface area contributed by atoms with Crippen LogP contribution in [0.5, 0.6) is 17.2 Å². The number of nitrogens with zero attached hydrogens (tertiary/aromatic N) is 1. The SMILES string of the molecule is O=C(NN=Cc1cc(Br)ccc1OC(=O)c1ccccc1)C(=Cc1ccc2c(c1)OCO2)NC(=O)c1ccccc1. The van der Waals surface area contributed by atoms with E-state index in [4.69, 9.17) is 14.2 Å². The van der Waals surface area contributed by atoms with E-state index >= 15 is 0 Å². The van der Waals surface area contributed by atoms with Crippen molar-refractivity contribution >= 4 is 46.0 Å². The van der Waals surface area contributed by atoms with Crippen LogP contribution in [0.1, 0.15) is 31.8 Å². The number of halogens is 1. The average Bonchev–Trinajstić information content (AvgIpc) is 3.47. The van der Waals surface area contributed by atoms with Crippen molar-refractivity contribution in [1.82, 2.24) is 10.7 Å². The molecule has 1 aliphatic heterocycles. The Kier molecular flexibility index (Phi) is 8.51. The molecular formula is C31H22BrN3O6. The highest BCUT2D eigenvalue weighted by atomic mass is 79.9. The second kappa shape index (κ2) is 12.8. The molecule has 0 bridgehead atoms. The number of carbonyl (C=O) groups is 3. The van der Waals surface area contributed by atoms with E-state index in [-0.39, 0.29) is 18.2 Å². The molecule has 0 spiro atoms. The molecule has 10 heteroatoms. The van der Waals surface area contributed by atoms with Gasteiger partial charge in [0, 0.05) is 15.6 Å². The quantitative estimate of drug-likeness (QED) is 0.0916. The average molecular weight is 612 g/mol. The zero-order valence-corrected chi connectivity index (χ0v) is 23.0. The molecule has 1 aliphatic rings. The molecule has 41 heavy (non-hydrogen) atoms. The molecule has 204 valence electrons. The maximum atomic E-state index is 13.2.